The van der Waals surface area contributed by atoms with Crippen LogP contribution in [-0.4, -0.2) is 28.9 Å². The van der Waals surface area contributed by atoms with Gasteiger partial charge in [-0.1, -0.05) is 0 Å². The second-order valence-electron chi connectivity index (χ2n) is 4.15. The molecule has 0 saturated carbocycles. The van der Waals surface area contributed by atoms with Gasteiger partial charge in [0.2, 0.25) is 0 Å². The molecule has 3 N–H and O–H groups in total. The number of hydrazine groups is 1. The number of hydrogen-bond acceptors (Lipinski definition) is 5. The van der Waals surface area contributed by atoms with Crippen molar-refractivity contribution in [2.24, 2.45) is 5.84 Å². The number of carbonyl (C=O) groups excluding carboxylic acids is 1. The van der Waals surface area contributed by atoms with Crippen molar-refractivity contribution in [2.45, 2.75) is 26.3 Å². The molecule has 1 heterocycles. The van der Waals surface area contributed by atoms with Crippen molar-refractivity contribution < 1.29 is 4.79 Å². The highest BCUT2D eigenvalue weighted by atomic mass is 16.2. The molecule has 1 aromatic rings. The smallest absolute Gasteiger partial charge is 0.254 e. The Morgan fingerprint density at radius 3 is 2.89 bits per heavy atom. The number of pyridine rings is 1. The van der Waals surface area contributed by atoms with Gasteiger partial charge in [0, 0.05) is 24.3 Å². The third kappa shape index (κ3) is 3.18. The second-order valence-corrected chi connectivity index (χ2v) is 4.15. The fourth-order valence-corrected chi connectivity index (χ4v) is 1.54. The molecule has 0 radical (unpaired) electrons. The second kappa shape index (κ2) is 5.98. The van der Waals surface area contributed by atoms with Gasteiger partial charge >= 0.3 is 0 Å². The monoisotopic (exact) mass is 247 g/mol. The van der Waals surface area contributed by atoms with Gasteiger partial charge in [-0.3, -0.25) is 4.79 Å². The van der Waals surface area contributed by atoms with E-state index in [9.17, 15) is 4.79 Å². The molecule has 0 aliphatic carbocycles. The molecule has 0 aliphatic rings. The minimum absolute atomic E-state index is 0.134. The number of anilines is 1. The van der Waals surface area contributed by atoms with Gasteiger partial charge in [0.05, 0.1) is 12.5 Å². The molecule has 6 nitrogen and oxygen atoms in total. The van der Waals surface area contributed by atoms with Crippen LogP contribution in [0.4, 0.5) is 5.82 Å². The first-order valence-corrected chi connectivity index (χ1v) is 5.59. The van der Waals surface area contributed by atoms with Gasteiger partial charge in [-0.15, -0.1) is 0 Å². The molecule has 0 saturated heterocycles. The number of carbonyl (C=O) groups is 1. The minimum Gasteiger partial charge on any atom is -0.338 e. The maximum Gasteiger partial charge on any atom is 0.254 e. The number of nitrogens with zero attached hydrogens (tertiary/aromatic N) is 3. The Bertz CT molecular complexity index is 480. The van der Waals surface area contributed by atoms with Crippen LogP contribution in [0.2, 0.25) is 0 Å². The van der Waals surface area contributed by atoms with Gasteiger partial charge in [0.1, 0.15) is 5.82 Å². The third-order valence-corrected chi connectivity index (χ3v) is 2.72. The topological polar surface area (TPSA) is 95.0 Å². The number of aromatic nitrogens is 1. The van der Waals surface area contributed by atoms with Gasteiger partial charge in [-0.05, 0) is 26.0 Å². The van der Waals surface area contributed by atoms with Crippen LogP contribution in [0.25, 0.3) is 0 Å². The van der Waals surface area contributed by atoms with Gasteiger partial charge in [-0.2, -0.15) is 5.26 Å². The van der Waals surface area contributed by atoms with E-state index in [-0.39, 0.29) is 11.9 Å². The number of nitrogen functional groups attached to an aromatic ring is 1. The SMILES string of the molecule is Cc1cc(C(=O)N(C)C(C)CC#N)cc(NN)n1. The lowest BCUT2D eigenvalue weighted by atomic mass is 10.1. The molecule has 1 unspecified atom stereocenters. The zero-order chi connectivity index (χ0) is 13.7. The molecule has 0 aromatic carbocycles. The summed E-state index contributed by atoms with van der Waals surface area (Å²) in [4.78, 5) is 17.9. The van der Waals surface area contributed by atoms with E-state index in [1.54, 1.807) is 26.1 Å². The lowest BCUT2D eigenvalue weighted by Crippen LogP contribution is -2.35. The van der Waals surface area contributed by atoms with E-state index in [0.717, 1.165) is 0 Å². The van der Waals surface area contributed by atoms with Gasteiger partial charge < -0.3 is 10.3 Å². The summed E-state index contributed by atoms with van der Waals surface area (Å²) in [5.41, 5.74) is 3.63. The first kappa shape index (κ1) is 13.9. The first-order valence-electron chi connectivity index (χ1n) is 5.59. The maximum absolute atomic E-state index is 12.2. The van der Waals surface area contributed by atoms with Crippen LogP contribution >= 0.6 is 0 Å². The van der Waals surface area contributed by atoms with Crippen LogP contribution in [0.3, 0.4) is 0 Å². The number of amides is 1. The van der Waals surface area contributed by atoms with Crippen molar-refractivity contribution in [3.8, 4) is 6.07 Å². The zero-order valence-electron chi connectivity index (χ0n) is 10.8. The highest BCUT2D eigenvalue weighted by molar-refractivity contribution is 5.95. The van der Waals surface area contributed by atoms with E-state index in [1.807, 2.05) is 6.92 Å². The predicted molar refractivity (Wildman–Crippen MR) is 68.6 cm³/mol. The van der Waals surface area contributed by atoms with Crippen molar-refractivity contribution in [1.82, 2.24) is 9.88 Å². The molecule has 1 rings (SSSR count). The molecular weight excluding hydrogens is 230 g/mol. The van der Waals surface area contributed by atoms with Crippen molar-refractivity contribution >= 4 is 11.7 Å². The summed E-state index contributed by atoms with van der Waals surface area (Å²) in [6, 6.07) is 5.20. The van der Waals surface area contributed by atoms with Crippen LogP contribution in [0.5, 0.6) is 0 Å². The predicted octanol–water partition coefficient (Wildman–Crippen LogP) is 1.05. The van der Waals surface area contributed by atoms with Crippen molar-refractivity contribution in [2.75, 3.05) is 12.5 Å². The third-order valence-electron chi connectivity index (χ3n) is 2.72. The van der Waals surface area contributed by atoms with Crippen molar-refractivity contribution in [3.05, 3.63) is 23.4 Å². The molecule has 1 atom stereocenters. The number of hydrogen-bond donors (Lipinski definition) is 2. The van der Waals surface area contributed by atoms with Gasteiger partial charge in [0.25, 0.3) is 5.91 Å². The number of aryl methyl sites for hydroxylation is 1. The molecular formula is C12H17N5O. The molecule has 18 heavy (non-hydrogen) atoms. The Morgan fingerprint density at radius 1 is 1.67 bits per heavy atom. The Hall–Kier alpha value is -2.13. The Balaban J connectivity index is 2.96. The molecule has 0 aliphatic heterocycles. The normalized spacial score (nSPS) is 11.5. The fourth-order valence-electron chi connectivity index (χ4n) is 1.54. The lowest BCUT2D eigenvalue weighted by Gasteiger charge is -2.23. The zero-order valence-corrected chi connectivity index (χ0v) is 10.8. The number of nitrogens with two attached hydrogens (primary N) is 1. The molecule has 0 spiro atoms. The summed E-state index contributed by atoms with van der Waals surface area (Å²) >= 11 is 0. The number of nitrogens with one attached hydrogen (secondary N) is 1. The maximum atomic E-state index is 12.2. The summed E-state index contributed by atoms with van der Waals surface area (Å²) in [7, 11) is 1.68. The summed E-state index contributed by atoms with van der Waals surface area (Å²) in [5, 5.41) is 8.64. The molecule has 1 amide bonds. The summed E-state index contributed by atoms with van der Waals surface area (Å²) in [5.74, 6) is 5.58. The van der Waals surface area contributed by atoms with Gasteiger partial charge in [0.15, 0.2) is 0 Å². The number of rotatable bonds is 4. The van der Waals surface area contributed by atoms with E-state index in [4.69, 9.17) is 11.1 Å². The van der Waals surface area contributed by atoms with E-state index < -0.39 is 0 Å². The minimum atomic E-state index is -0.153. The lowest BCUT2D eigenvalue weighted by molar-refractivity contribution is 0.0746. The average molecular weight is 247 g/mol. The Labute approximate surface area is 106 Å². The van der Waals surface area contributed by atoms with Crippen LogP contribution in [0.15, 0.2) is 12.1 Å². The largest absolute Gasteiger partial charge is 0.338 e. The quantitative estimate of drug-likeness (QED) is 0.612. The highest BCUT2D eigenvalue weighted by Crippen LogP contribution is 2.13. The van der Waals surface area contributed by atoms with Crippen LogP contribution in [0, 0.1) is 18.3 Å². The van der Waals surface area contributed by atoms with Crippen LogP contribution < -0.4 is 11.3 Å². The molecule has 0 bridgehead atoms. The summed E-state index contributed by atoms with van der Waals surface area (Å²) < 4.78 is 0. The molecule has 0 fully saturated rings. The summed E-state index contributed by atoms with van der Waals surface area (Å²) in [6.07, 6.45) is 0.300. The highest BCUT2D eigenvalue weighted by Gasteiger charge is 2.18. The standard InChI is InChI=1S/C12H17N5O/c1-8-6-10(7-11(15-8)16-14)12(18)17(3)9(2)4-5-13/h6-7,9H,4,14H2,1-3H3,(H,15,16). The van der Waals surface area contributed by atoms with Crippen molar-refractivity contribution in [3.63, 3.8) is 0 Å². The van der Waals surface area contributed by atoms with E-state index >= 15 is 0 Å². The number of nitriles is 1. The van der Waals surface area contributed by atoms with Crippen LogP contribution in [-0.2, 0) is 0 Å². The van der Waals surface area contributed by atoms with E-state index in [0.29, 0.717) is 23.5 Å². The molecule has 1 aromatic heterocycles. The van der Waals surface area contributed by atoms with Crippen molar-refractivity contribution in [1.29, 1.82) is 5.26 Å². The average Bonchev–Trinajstić information content (AvgIpc) is 2.36. The first-order chi connectivity index (χ1) is 8.49. The fraction of sp³-hybridized carbons (Fsp3) is 0.417. The van der Waals surface area contributed by atoms with Gasteiger partial charge in [-0.25, -0.2) is 10.8 Å². The summed E-state index contributed by atoms with van der Waals surface area (Å²) in [6.45, 7) is 3.62. The Morgan fingerprint density at radius 2 is 2.33 bits per heavy atom. The Kier molecular flexibility index (Phi) is 4.63. The molecule has 96 valence electrons. The molecule has 6 heteroatoms. The van der Waals surface area contributed by atoms with E-state index in [2.05, 4.69) is 16.5 Å². The van der Waals surface area contributed by atoms with Crippen LogP contribution in [0.1, 0.15) is 29.4 Å². The van der Waals surface area contributed by atoms with E-state index in [1.165, 1.54) is 4.90 Å².